The van der Waals surface area contributed by atoms with Gasteiger partial charge in [-0.3, -0.25) is 5.32 Å². The fraction of sp³-hybridized carbons (Fsp3) is 0.688. The van der Waals surface area contributed by atoms with E-state index in [-0.39, 0.29) is 24.2 Å². The second-order valence-electron chi connectivity index (χ2n) is 7.78. The summed E-state index contributed by atoms with van der Waals surface area (Å²) in [5, 5.41) is 12.0. The molecule has 30 heavy (non-hydrogen) atoms. The van der Waals surface area contributed by atoms with Crippen molar-refractivity contribution in [1.29, 1.82) is 0 Å². The molecule has 0 spiro atoms. The van der Waals surface area contributed by atoms with E-state index >= 15 is 0 Å². The molecule has 0 saturated carbocycles. The molecule has 2 saturated heterocycles. The molecule has 4 rings (SSSR count). The summed E-state index contributed by atoms with van der Waals surface area (Å²) in [6.07, 6.45) is 3.50. The van der Waals surface area contributed by atoms with Crippen molar-refractivity contribution in [3.05, 3.63) is 0 Å². The minimum absolute atomic E-state index is 0.0329. The molecule has 164 valence electrons. The number of piperidine rings is 2. The number of anilines is 4. The average Bonchev–Trinajstić information content (AvgIpc) is 3.14. The van der Waals surface area contributed by atoms with Gasteiger partial charge in [-0.25, -0.2) is 0 Å². The van der Waals surface area contributed by atoms with Gasteiger partial charge in [-0.1, -0.05) is 23.1 Å². The van der Waals surface area contributed by atoms with E-state index in [1.54, 1.807) is 0 Å². The zero-order chi connectivity index (χ0) is 21.3. The number of thioether (sulfide) groups is 1. The van der Waals surface area contributed by atoms with Crippen molar-refractivity contribution in [2.45, 2.75) is 41.3 Å². The van der Waals surface area contributed by atoms with Crippen LogP contribution in [0.2, 0.25) is 0 Å². The molecule has 4 atom stereocenters. The molecule has 0 aromatic carbocycles. The van der Waals surface area contributed by atoms with Gasteiger partial charge in [0.2, 0.25) is 23.0 Å². The fourth-order valence-electron chi connectivity index (χ4n) is 3.81. The van der Waals surface area contributed by atoms with Crippen molar-refractivity contribution in [1.82, 2.24) is 25.1 Å². The van der Waals surface area contributed by atoms with Crippen molar-refractivity contribution >= 4 is 46.1 Å². The van der Waals surface area contributed by atoms with Crippen molar-refractivity contribution in [3.8, 4) is 0 Å². The first kappa shape index (κ1) is 21.4. The van der Waals surface area contributed by atoms with Gasteiger partial charge in [0.1, 0.15) is 0 Å². The first-order valence-corrected chi connectivity index (χ1v) is 11.9. The normalized spacial score (nSPS) is 27.4. The third kappa shape index (κ3) is 5.07. The SMILES string of the molecule is CSc1nnc(Nc2nc(N3C[C@H](N)C[C@H](N)C3)nc(N3C[C@H](N)C[C@H](N)C3)n2)s1. The molecule has 12 nitrogen and oxygen atoms in total. The first-order chi connectivity index (χ1) is 14.4. The van der Waals surface area contributed by atoms with E-state index in [2.05, 4.69) is 25.5 Å². The van der Waals surface area contributed by atoms with Gasteiger partial charge in [-0.15, -0.1) is 10.2 Å². The third-order valence-corrected chi connectivity index (χ3v) is 6.82. The summed E-state index contributed by atoms with van der Waals surface area (Å²) in [6, 6.07) is -0.131. The van der Waals surface area contributed by atoms with Crippen LogP contribution in [0.25, 0.3) is 0 Å². The van der Waals surface area contributed by atoms with Crippen LogP contribution in [0.4, 0.5) is 23.0 Å². The molecular weight excluding hydrogens is 424 g/mol. The Hall–Kier alpha value is -1.84. The summed E-state index contributed by atoms with van der Waals surface area (Å²) < 4.78 is 0.855. The van der Waals surface area contributed by atoms with Crippen LogP contribution in [0.15, 0.2) is 4.34 Å². The molecule has 0 radical (unpaired) electrons. The molecule has 0 amide bonds. The van der Waals surface area contributed by atoms with Gasteiger partial charge >= 0.3 is 0 Å². The van der Waals surface area contributed by atoms with E-state index in [4.69, 9.17) is 27.9 Å². The molecule has 2 aliphatic rings. The standard InChI is InChI=1S/C16H28N12S2/c1-29-16-26-25-15(30-16)23-12-21-13(27-4-8(17)2-9(18)5-27)24-14(22-12)28-6-10(19)3-11(20)7-28/h8-11H,2-7,17-20H2,1H3,(H,21,22,23,24,25)/t8-,9+,10-,11+. The van der Waals surface area contributed by atoms with Crippen LogP contribution >= 0.6 is 23.1 Å². The maximum absolute atomic E-state index is 6.18. The number of hydrogen-bond donors (Lipinski definition) is 5. The van der Waals surface area contributed by atoms with E-state index in [1.807, 2.05) is 16.1 Å². The second kappa shape index (κ2) is 9.11. The number of rotatable bonds is 5. The lowest BCUT2D eigenvalue weighted by Crippen LogP contribution is -2.54. The van der Waals surface area contributed by atoms with E-state index in [0.717, 1.165) is 17.2 Å². The Kier molecular flexibility index (Phi) is 6.50. The first-order valence-electron chi connectivity index (χ1n) is 9.82. The zero-order valence-corrected chi connectivity index (χ0v) is 18.4. The summed E-state index contributed by atoms with van der Waals surface area (Å²) in [6.45, 7) is 2.52. The predicted octanol–water partition coefficient (Wildman–Crippen LogP) is -1.08. The highest BCUT2D eigenvalue weighted by molar-refractivity contribution is 8.00. The summed E-state index contributed by atoms with van der Waals surface area (Å²) in [7, 11) is 0. The number of aromatic nitrogens is 5. The van der Waals surface area contributed by atoms with Crippen LogP contribution in [0.3, 0.4) is 0 Å². The lowest BCUT2D eigenvalue weighted by molar-refractivity contribution is 0.441. The van der Waals surface area contributed by atoms with Gasteiger partial charge in [0.25, 0.3) is 0 Å². The Labute approximate surface area is 183 Å². The second-order valence-corrected chi connectivity index (χ2v) is 9.81. The van der Waals surface area contributed by atoms with Crippen molar-refractivity contribution in [2.75, 3.05) is 47.6 Å². The summed E-state index contributed by atoms with van der Waals surface area (Å²) in [4.78, 5) is 18.0. The molecule has 2 fully saturated rings. The summed E-state index contributed by atoms with van der Waals surface area (Å²) in [5.74, 6) is 1.44. The molecule has 0 unspecified atom stereocenters. The Balaban J connectivity index is 1.66. The molecule has 14 heteroatoms. The van der Waals surface area contributed by atoms with Crippen LogP contribution in [0, 0.1) is 0 Å². The van der Waals surface area contributed by atoms with Crippen molar-refractivity contribution in [3.63, 3.8) is 0 Å². The molecule has 0 bridgehead atoms. The number of nitrogens with two attached hydrogens (primary N) is 4. The topological polar surface area (TPSA) is 187 Å². The lowest BCUT2D eigenvalue weighted by atomic mass is 10.0. The highest BCUT2D eigenvalue weighted by atomic mass is 32.2. The molecule has 2 aromatic rings. The maximum atomic E-state index is 6.18. The van der Waals surface area contributed by atoms with E-state index < -0.39 is 0 Å². The van der Waals surface area contributed by atoms with Crippen LogP contribution in [-0.2, 0) is 0 Å². The Morgan fingerprint density at radius 1 is 0.833 bits per heavy atom. The third-order valence-electron chi connectivity index (χ3n) is 5.01. The van der Waals surface area contributed by atoms with Crippen LogP contribution < -0.4 is 38.1 Å². The highest BCUT2D eigenvalue weighted by Crippen LogP contribution is 2.27. The average molecular weight is 453 g/mol. The van der Waals surface area contributed by atoms with Gasteiger partial charge in [0.05, 0.1) is 0 Å². The van der Waals surface area contributed by atoms with Crippen LogP contribution in [-0.4, -0.2) is 81.8 Å². The minimum atomic E-state index is -0.0329. The maximum Gasteiger partial charge on any atom is 0.235 e. The van der Waals surface area contributed by atoms with Crippen LogP contribution in [0.5, 0.6) is 0 Å². The fourth-order valence-corrected chi connectivity index (χ4v) is 4.98. The highest BCUT2D eigenvalue weighted by Gasteiger charge is 2.28. The van der Waals surface area contributed by atoms with Gasteiger partial charge in [-0.05, 0) is 19.1 Å². The number of nitrogens with zero attached hydrogens (tertiary/aromatic N) is 7. The van der Waals surface area contributed by atoms with E-state index in [9.17, 15) is 0 Å². The van der Waals surface area contributed by atoms with Crippen molar-refractivity contribution < 1.29 is 0 Å². The van der Waals surface area contributed by atoms with Gasteiger partial charge < -0.3 is 32.7 Å². The molecular formula is C16H28N12S2. The zero-order valence-electron chi connectivity index (χ0n) is 16.8. The minimum Gasteiger partial charge on any atom is -0.338 e. The van der Waals surface area contributed by atoms with Crippen molar-refractivity contribution in [2.24, 2.45) is 22.9 Å². The Morgan fingerprint density at radius 2 is 1.33 bits per heavy atom. The molecule has 9 N–H and O–H groups in total. The Morgan fingerprint density at radius 3 is 1.77 bits per heavy atom. The summed E-state index contributed by atoms with van der Waals surface area (Å²) in [5.41, 5.74) is 24.7. The number of nitrogens with one attached hydrogen (secondary N) is 1. The predicted molar refractivity (Wildman–Crippen MR) is 120 cm³/mol. The molecule has 4 heterocycles. The van der Waals surface area contributed by atoms with E-state index in [0.29, 0.717) is 49.2 Å². The largest absolute Gasteiger partial charge is 0.338 e. The number of hydrogen-bond acceptors (Lipinski definition) is 14. The summed E-state index contributed by atoms with van der Waals surface area (Å²) >= 11 is 2.97. The van der Waals surface area contributed by atoms with Gasteiger partial charge in [0, 0.05) is 50.3 Å². The van der Waals surface area contributed by atoms with E-state index in [1.165, 1.54) is 23.1 Å². The van der Waals surface area contributed by atoms with Crippen LogP contribution in [0.1, 0.15) is 12.8 Å². The lowest BCUT2D eigenvalue weighted by Gasteiger charge is -2.36. The molecule has 2 aliphatic heterocycles. The quantitative estimate of drug-likeness (QED) is 0.345. The molecule has 0 aliphatic carbocycles. The monoisotopic (exact) mass is 452 g/mol. The molecule has 2 aromatic heterocycles. The van der Waals surface area contributed by atoms with Gasteiger partial charge in [0.15, 0.2) is 4.34 Å². The Bertz CT molecular complexity index is 798. The smallest absolute Gasteiger partial charge is 0.235 e. The van der Waals surface area contributed by atoms with Gasteiger partial charge in [-0.2, -0.15) is 15.0 Å².